The van der Waals surface area contributed by atoms with E-state index in [2.05, 4.69) is 9.72 Å². The van der Waals surface area contributed by atoms with Gasteiger partial charge in [0.05, 0.1) is 12.1 Å². The fourth-order valence-electron chi connectivity index (χ4n) is 0.874. The smallest absolute Gasteiger partial charge is 0.281 e. The molecule has 0 fully saturated rings. The average molecular weight is 219 g/mol. The first-order chi connectivity index (χ1) is 6.60. The minimum atomic E-state index is -2.79. The molecule has 0 amide bonds. The number of hydrogen-bond acceptors (Lipinski definition) is 3. The molecule has 74 valence electrons. The number of rotatable bonds is 2. The lowest BCUT2D eigenvalue weighted by Crippen LogP contribution is -1.98. The van der Waals surface area contributed by atoms with Gasteiger partial charge in [-0.15, -0.1) is 0 Å². The Morgan fingerprint density at radius 2 is 2.29 bits per heavy atom. The standard InChI is InChI=1S/C8H5ClF2N2O/c1-14-8-4(3-12)2-5(9)6(13-8)7(10)11/h2,7H,1H3. The first kappa shape index (κ1) is 10.7. The topological polar surface area (TPSA) is 45.9 Å². The Hall–Kier alpha value is -1.41. The second-order valence-electron chi connectivity index (χ2n) is 2.32. The Morgan fingerprint density at radius 1 is 1.64 bits per heavy atom. The lowest BCUT2D eigenvalue weighted by atomic mass is 10.2. The number of alkyl halides is 2. The van der Waals surface area contributed by atoms with Gasteiger partial charge in [-0.05, 0) is 6.07 Å². The van der Waals surface area contributed by atoms with Gasteiger partial charge >= 0.3 is 0 Å². The highest BCUT2D eigenvalue weighted by Crippen LogP contribution is 2.29. The molecule has 0 spiro atoms. The Bertz CT molecular complexity index is 389. The summed E-state index contributed by atoms with van der Waals surface area (Å²) in [4.78, 5) is 3.43. The van der Waals surface area contributed by atoms with Gasteiger partial charge in [0.2, 0.25) is 5.88 Å². The summed E-state index contributed by atoms with van der Waals surface area (Å²) in [6, 6.07) is 2.84. The van der Waals surface area contributed by atoms with Crippen LogP contribution in [0.1, 0.15) is 17.7 Å². The molecule has 6 heteroatoms. The molecule has 0 saturated heterocycles. The van der Waals surface area contributed by atoms with Gasteiger partial charge in [0.15, 0.2) is 0 Å². The number of hydrogen-bond donors (Lipinski definition) is 0. The zero-order chi connectivity index (χ0) is 10.7. The lowest BCUT2D eigenvalue weighted by molar-refractivity contribution is 0.145. The van der Waals surface area contributed by atoms with Crippen LogP contribution in [-0.2, 0) is 0 Å². The summed E-state index contributed by atoms with van der Waals surface area (Å²) in [5.74, 6) is -0.146. The van der Waals surface area contributed by atoms with Crippen LogP contribution in [0.4, 0.5) is 8.78 Å². The second-order valence-corrected chi connectivity index (χ2v) is 2.73. The van der Waals surface area contributed by atoms with Crippen LogP contribution in [0.15, 0.2) is 6.07 Å². The Labute approximate surface area is 83.9 Å². The molecule has 1 aromatic heterocycles. The van der Waals surface area contributed by atoms with Gasteiger partial charge < -0.3 is 4.74 Å². The van der Waals surface area contributed by atoms with Crippen LogP contribution in [0, 0.1) is 11.3 Å². The van der Waals surface area contributed by atoms with Gasteiger partial charge in [-0.2, -0.15) is 5.26 Å². The molecule has 0 atom stereocenters. The number of nitrogens with zero attached hydrogens (tertiary/aromatic N) is 2. The van der Waals surface area contributed by atoms with E-state index in [1.807, 2.05) is 0 Å². The van der Waals surface area contributed by atoms with Crippen molar-refractivity contribution in [1.29, 1.82) is 5.26 Å². The van der Waals surface area contributed by atoms with Gasteiger partial charge in [-0.1, -0.05) is 11.6 Å². The van der Waals surface area contributed by atoms with Crippen LogP contribution >= 0.6 is 11.6 Å². The summed E-state index contributed by atoms with van der Waals surface area (Å²) >= 11 is 5.48. The Balaban J connectivity index is 3.32. The van der Waals surface area contributed by atoms with Crippen LogP contribution in [0.2, 0.25) is 5.02 Å². The molecule has 14 heavy (non-hydrogen) atoms. The second kappa shape index (κ2) is 4.20. The van der Waals surface area contributed by atoms with Crippen molar-refractivity contribution in [2.24, 2.45) is 0 Å². The van der Waals surface area contributed by atoms with Crippen LogP contribution < -0.4 is 4.74 Å². The number of halogens is 3. The molecule has 1 heterocycles. The van der Waals surface area contributed by atoms with Gasteiger partial charge in [-0.3, -0.25) is 0 Å². The summed E-state index contributed by atoms with van der Waals surface area (Å²) in [5, 5.41) is 8.35. The van der Waals surface area contributed by atoms with E-state index in [1.165, 1.54) is 7.11 Å². The minimum absolute atomic E-state index is 0.0295. The third kappa shape index (κ3) is 1.91. The molecule has 0 radical (unpaired) electrons. The highest BCUT2D eigenvalue weighted by Gasteiger charge is 2.17. The van der Waals surface area contributed by atoms with E-state index >= 15 is 0 Å². The van der Waals surface area contributed by atoms with Crippen LogP contribution in [0.5, 0.6) is 5.88 Å². The van der Waals surface area contributed by atoms with Crippen molar-refractivity contribution >= 4 is 11.6 Å². The maximum absolute atomic E-state index is 12.3. The van der Waals surface area contributed by atoms with Crippen LogP contribution in [-0.4, -0.2) is 12.1 Å². The van der Waals surface area contributed by atoms with Crippen molar-refractivity contribution in [2.75, 3.05) is 7.11 Å². The molecule has 0 unspecified atom stereocenters. The molecular formula is C8H5ClF2N2O. The zero-order valence-electron chi connectivity index (χ0n) is 7.09. The number of nitriles is 1. The molecule has 0 aliphatic rings. The normalized spacial score (nSPS) is 10.0. The van der Waals surface area contributed by atoms with Crippen molar-refractivity contribution in [3.8, 4) is 11.9 Å². The molecule has 3 nitrogen and oxygen atoms in total. The summed E-state index contributed by atoms with van der Waals surface area (Å²) in [6.07, 6.45) is -2.79. The number of aromatic nitrogens is 1. The highest BCUT2D eigenvalue weighted by molar-refractivity contribution is 6.31. The summed E-state index contributed by atoms with van der Waals surface area (Å²) in [7, 11) is 1.24. The third-order valence-electron chi connectivity index (χ3n) is 1.49. The van der Waals surface area contributed by atoms with Crippen molar-refractivity contribution in [1.82, 2.24) is 4.98 Å². The van der Waals surface area contributed by atoms with Crippen molar-refractivity contribution < 1.29 is 13.5 Å². The van der Waals surface area contributed by atoms with E-state index in [-0.39, 0.29) is 16.5 Å². The third-order valence-corrected chi connectivity index (χ3v) is 1.79. The van der Waals surface area contributed by atoms with Crippen molar-refractivity contribution in [3.63, 3.8) is 0 Å². The van der Waals surface area contributed by atoms with E-state index in [0.29, 0.717) is 0 Å². The van der Waals surface area contributed by atoms with Gasteiger partial charge in [0.25, 0.3) is 6.43 Å². The number of ether oxygens (including phenoxy) is 1. The molecular weight excluding hydrogens is 214 g/mol. The SMILES string of the molecule is COc1nc(C(F)F)c(Cl)cc1C#N. The first-order valence-corrected chi connectivity index (χ1v) is 3.90. The quantitative estimate of drug-likeness (QED) is 0.766. The van der Waals surface area contributed by atoms with E-state index < -0.39 is 12.1 Å². The lowest BCUT2D eigenvalue weighted by Gasteiger charge is -2.06. The predicted octanol–water partition coefficient (Wildman–Crippen LogP) is 2.55. The summed E-state index contributed by atoms with van der Waals surface area (Å²) in [6.45, 7) is 0. The molecule has 0 aliphatic carbocycles. The summed E-state index contributed by atoms with van der Waals surface area (Å²) < 4.78 is 29.2. The highest BCUT2D eigenvalue weighted by atomic mass is 35.5. The molecule has 1 rings (SSSR count). The van der Waals surface area contributed by atoms with E-state index in [0.717, 1.165) is 6.07 Å². The fraction of sp³-hybridized carbons (Fsp3) is 0.250. The van der Waals surface area contributed by atoms with Crippen molar-refractivity contribution in [3.05, 3.63) is 22.3 Å². The molecule has 0 saturated carbocycles. The maximum atomic E-state index is 12.3. The Morgan fingerprint density at radius 3 is 2.71 bits per heavy atom. The summed E-state index contributed by atoms with van der Waals surface area (Å²) in [5.41, 5.74) is -0.551. The fourth-order valence-corrected chi connectivity index (χ4v) is 1.11. The largest absolute Gasteiger partial charge is 0.480 e. The van der Waals surface area contributed by atoms with E-state index in [1.54, 1.807) is 6.07 Å². The Kier molecular flexibility index (Phi) is 3.20. The van der Waals surface area contributed by atoms with Gasteiger partial charge in [0, 0.05) is 0 Å². The minimum Gasteiger partial charge on any atom is -0.480 e. The predicted molar refractivity (Wildman–Crippen MR) is 45.5 cm³/mol. The number of methoxy groups -OCH3 is 1. The van der Waals surface area contributed by atoms with Crippen molar-refractivity contribution in [2.45, 2.75) is 6.43 Å². The number of pyridine rings is 1. The first-order valence-electron chi connectivity index (χ1n) is 3.52. The molecule has 0 bridgehead atoms. The van der Waals surface area contributed by atoms with Gasteiger partial charge in [0.1, 0.15) is 17.3 Å². The molecule has 1 aromatic rings. The van der Waals surface area contributed by atoms with Crippen LogP contribution in [0.3, 0.4) is 0 Å². The molecule has 0 aromatic carbocycles. The molecule has 0 N–H and O–H groups in total. The molecule has 0 aliphatic heterocycles. The average Bonchev–Trinajstić information content (AvgIpc) is 2.16. The maximum Gasteiger partial charge on any atom is 0.281 e. The monoisotopic (exact) mass is 218 g/mol. The van der Waals surface area contributed by atoms with Crippen LogP contribution in [0.25, 0.3) is 0 Å². The zero-order valence-corrected chi connectivity index (χ0v) is 7.85. The van der Waals surface area contributed by atoms with E-state index in [9.17, 15) is 8.78 Å². The van der Waals surface area contributed by atoms with Gasteiger partial charge in [-0.25, -0.2) is 13.8 Å². The van der Waals surface area contributed by atoms with E-state index in [4.69, 9.17) is 16.9 Å².